The van der Waals surface area contributed by atoms with Crippen molar-refractivity contribution in [3.8, 4) is 0 Å². The van der Waals surface area contributed by atoms with Crippen molar-refractivity contribution in [1.82, 2.24) is 10.0 Å². The van der Waals surface area contributed by atoms with E-state index in [9.17, 15) is 4.79 Å². The van der Waals surface area contributed by atoms with Crippen molar-refractivity contribution in [2.75, 3.05) is 25.0 Å². The minimum absolute atomic E-state index is 0.0411. The van der Waals surface area contributed by atoms with Gasteiger partial charge in [0.15, 0.2) is 0 Å². The van der Waals surface area contributed by atoms with Crippen LogP contribution in [0.3, 0.4) is 0 Å². The van der Waals surface area contributed by atoms with E-state index in [1.165, 1.54) is 11.3 Å². The van der Waals surface area contributed by atoms with Gasteiger partial charge >= 0.3 is 0 Å². The molecule has 1 fully saturated rings. The number of carbonyl (C=O) groups excluding carboxylic acids is 1. The van der Waals surface area contributed by atoms with E-state index in [-0.39, 0.29) is 17.7 Å². The number of anilines is 1. The molecule has 160 valence electrons. The molecule has 0 saturated carbocycles. The van der Waals surface area contributed by atoms with E-state index < -0.39 is 0 Å². The Morgan fingerprint density at radius 1 is 1.10 bits per heavy atom. The predicted molar refractivity (Wildman–Crippen MR) is 125 cm³/mol. The standard InChI is InChI=1S/C25H29N5O/c1-17-4-6-21(7-5-17)29-11-9-19(10-12-29)25(31)30-13-8-18(2)14-22-23(30)15-20-16-26-28(3)27-24(20)22/h4-8,13-14,16,19-20H,9-12,15H2,1-3H3. The minimum Gasteiger partial charge on any atom is -0.371 e. The maximum absolute atomic E-state index is 13.6. The maximum atomic E-state index is 13.6. The first-order valence-corrected chi connectivity index (χ1v) is 11.1. The van der Waals surface area contributed by atoms with Gasteiger partial charge in [0.25, 0.3) is 0 Å². The zero-order valence-electron chi connectivity index (χ0n) is 18.5. The molecule has 4 aliphatic rings. The molecule has 3 heterocycles. The molecule has 1 atom stereocenters. The van der Waals surface area contributed by atoms with Gasteiger partial charge in [0.1, 0.15) is 0 Å². The Kier molecular flexibility index (Phi) is 5.00. The summed E-state index contributed by atoms with van der Waals surface area (Å²) < 4.78 is 0. The first-order valence-electron chi connectivity index (χ1n) is 11.1. The summed E-state index contributed by atoms with van der Waals surface area (Å²) in [6.45, 7) is 6.00. The van der Waals surface area contributed by atoms with Crippen molar-refractivity contribution >= 4 is 23.5 Å². The lowest BCUT2D eigenvalue weighted by atomic mass is 9.94. The number of hydrazone groups is 2. The summed E-state index contributed by atoms with van der Waals surface area (Å²) in [5.41, 5.74) is 6.80. The van der Waals surface area contributed by atoms with Crippen LogP contribution in [0.1, 0.15) is 31.7 Å². The smallest absolute Gasteiger partial charge is 0.234 e. The van der Waals surface area contributed by atoms with Gasteiger partial charge in [-0.15, -0.1) is 0 Å². The predicted octanol–water partition coefficient (Wildman–Crippen LogP) is 4.07. The number of nitrogens with zero attached hydrogens (tertiary/aromatic N) is 5. The third-order valence-corrected chi connectivity index (χ3v) is 6.65. The molecule has 1 amide bonds. The molecular weight excluding hydrogens is 386 g/mol. The van der Waals surface area contributed by atoms with Crippen LogP contribution in [0.25, 0.3) is 0 Å². The largest absolute Gasteiger partial charge is 0.371 e. The van der Waals surface area contributed by atoms with Crippen LogP contribution in [0.5, 0.6) is 0 Å². The van der Waals surface area contributed by atoms with Crippen molar-refractivity contribution in [3.63, 3.8) is 0 Å². The molecule has 1 unspecified atom stereocenters. The highest BCUT2D eigenvalue weighted by Gasteiger charge is 2.38. The van der Waals surface area contributed by atoms with E-state index in [1.807, 2.05) is 30.4 Å². The Morgan fingerprint density at radius 2 is 1.84 bits per heavy atom. The molecule has 6 nitrogen and oxygen atoms in total. The van der Waals surface area contributed by atoms with Crippen LogP contribution in [-0.4, -0.2) is 48.0 Å². The molecule has 6 heteroatoms. The summed E-state index contributed by atoms with van der Waals surface area (Å²) in [6, 6.07) is 8.67. The Hall–Kier alpha value is -3.15. The number of rotatable bonds is 2. The normalized spacial score (nSPS) is 23.5. The first kappa shape index (κ1) is 19.8. The summed E-state index contributed by atoms with van der Waals surface area (Å²) in [7, 11) is 1.84. The van der Waals surface area contributed by atoms with Crippen LogP contribution in [-0.2, 0) is 4.79 Å². The lowest BCUT2D eigenvalue weighted by Gasteiger charge is -2.35. The van der Waals surface area contributed by atoms with Crippen LogP contribution in [0.15, 0.2) is 69.7 Å². The Labute approximate surface area is 183 Å². The average molecular weight is 416 g/mol. The average Bonchev–Trinajstić information content (AvgIpc) is 3.02. The molecule has 1 saturated heterocycles. The first-order chi connectivity index (χ1) is 15.0. The number of benzene rings is 1. The highest BCUT2D eigenvalue weighted by Crippen LogP contribution is 2.37. The molecule has 0 bridgehead atoms. The monoisotopic (exact) mass is 415 g/mol. The molecule has 0 N–H and O–H groups in total. The van der Waals surface area contributed by atoms with Crippen molar-refractivity contribution in [2.24, 2.45) is 22.0 Å². The molecule has 0 aromatic heterocycles. The number of aryl methyl sites for hydroxylation is 1. The van der Waals surface area contributed by atoms with Crippen LogP contribution < -0.4 is 4.90 Å². The Balaban J connectivity index is 1.35. The lowest BCUT2D eigenvalue weighted by Crippen LogP contribution is -2.40. The maximum Gasteiger partial charge on any atom is 0.234 e. The second kappa shape index (κ2) is 7.84. The van der Waals surface area contributed by atoms with E-state index in [4.69, 9.17) is 0 Å². The second-order valence-electron chi connectivity index (χ2n) is 8.92. The molecular formula is C25H29N5O. The second-order valence-corrected chi connectivity index (χ2v) is 8.92. The van der Waals surface area contributed by atoms with E-state index in [2.05, 4.69) is 59.3 Å². The number of hydrogen-bond donors (Lipinski definition) is 0. The third-order valence-electron chi connectivity index (χ3n) is 6.65. The minimum atomic E-state index is 0.0411. The topological polar surface area (TPSA) is 51.5 Å². The highest BCUT2D eigenvalue weighted by molar-refractivity contribution is 6.15. The van der Waals surface area contributed by atoms with Crippen molar-refractivity contribution < 1.29 is 4.79 Å². The number of fused-ring (bicyclic) bond motifs is 2. The third kappa shape index (κ3) is 3.71. The number of carbonyl (C=O) groups is 1. The summed E-state index contributed by atoms with van der Waals surface area (Å²) in [6.07, 6.45) is 10.6. The van der Waals surface area contributed by atoms with Gasteiger partial charge in [0.2, 0.25) is 5.91 Å². The molecule has 3 aliphatic heterocycles. The van der Waals surface area contributed by atoms with Gasteiger partial charge in [0, 0.05) is 67.8 Å². The molecule has 1 aliphatic carbocycles. The molecule has 0 spiro atoms. The number of piperidine rings is 1. The van der Waals surface area contributed by atoms with Gasteiger partial charge in [0.05, 0.1) is 5.71 Å². The molecule has 5 rings (SSSR count). The number of allylic oxidation sites excluding steroid dienone is 5. The SMILES string of the molecule is CC1=CC2=C(CC3C=NN(C)N=C23)N(C(=O)C2CCN(c3ccc(C)cc3)CC2)C=C1. The van der Waals surface area contributed by atoms with Crippen LogP contribution in [0, 0.1) is 18.8 Å². The molecule has 0 radical (unpaired) electrons. The van der Waals surface area contributed by atoms with E-state index in [0.717, 1.165) is 54.9 Å². The molecule has 1 aromatic rings. The zero-order chi connectivity index (χ0) is 21.5. The van der Waals surface area contributed by atoms with Gasteiger partial charge in [-0.1, -0.05) is 17.7 Å². The van der Waals surface area contributed by atoms with Gasteiger partial charge in [-0.05, 0) is 56.5 Å². The van der Waals surface area contributed by atoms with Crippen molar-refractivity contribution in [3.05, 3.63) is 65.0 Å². The van der Waals surface area contributed by atoms with Crippen LogP contribution in [0.4, 0.5) is 5.69 Å². The highest BCUT2D eigenvalue weighted by atomic mass is 16.2. The summed E-state index contributed by atoms with van der Waals surface area (Å²) >= 11 is 0. The summed E-state index contributed by atoms with van der Waals surface area (Å²) in [5, 5.41) is 10.6. The van der Waals surface area contributed by atoms with Gasteiger partial charge in [-0.25, -0.2) is 0 Å². The van der Waals surface area contributed by atoms with Gasteiger partial charge in [-0.2, -0.15) is 15.3 Å². The van der Waals surface area contributed by atoms with Crippen molar-refractivity contribution in [1.29, 1.82) is 0 Å². The Morgan fingerprint density at radius 3 is 2.58 bits per heavy atom. The fourth-order valence-electron chi connectivity index (χ4n) is 4.86. The molecule has 1 aromatic carbocycles. The van der Waals surface area contributed by atoms with Crippen molar-refractivity contribution in [2.45, 2.75) is 33.1 Å². The van der Waals surface area contributed by atoms with Crippen LogP contribution in [0.2, 0.25) is 0 Å². The quantitative estimate of drug-likeness (QED) is 0.732. The van der Waals surface area contributed by atoms with Gasteiger partial charge in [-0.3, -0.25) is 9.69 Å². The summed E-state index contributed by atoms with van der Waals surface area (Å²) in [5.74, 6) is 0.398. The van der Waals surface area contributed by atoms with Gasteiger partial charge < -0.3 is 4.90 Å². The van der Waals surface area contributed by atoms with E-state index in [1.54, 1.807) is 5.12 Å². The zero-order valence-corrected chi connectivity index (χ0v) is 18.5. The fourth-order valence-corrected chi connectivity index (χ4v) is 4.86. The molecule has 31 heavy (non-hydrogen) atoms. The van der Waals surface area contributed by atoms with E-state index >= 15 is 0 Å². The van der Waals surface area contributed by atoms with E-state index in [0.29, 0.717) is 0 Å². The summed E-state index contributed by atoms with van der Waals surface area (Å²) in [4.78, 5) is 17.9. The number of amides is 1. The number of hydrogen-bond acceptors (Lipinski definition) is 5. The Bertz CT molecular complexity index is 1040. The lowest BCUT2D eigenvalue weighted by molar-refractivity contribution is -0.132. The van der Waals surface area contributed by atoms with Crippen LogP contribution >= 0.6 is 0 Å². The fraction of sp³-hybridized carbons (Fsp3) is 0.400.